The third-order valence-corrected chi connectivity index (χ3v) is 10.6. The summed E-state index contributed by atoms with van der Waals surface area (Å²) in [5.74, 6) is 1.85. The lowest BCUT2D eigenvalue weighted by molar-refractivity contribution is -0.380. The standard InChI is InChI=1S/C15H21NO4S.C10H18O.C5H3NO3S/c1-9-3-4-10-11(7-9)20-12(8-15(10,2)17)13-5-6-14(21-13)16(18)19;1-7(2)9-5-4-8(3)6-10(9)11;7-3-4-1-2-5(10-4)6(8)9/h5-6,9-12,17H,3-4,7-8H2,1-2H3;8-11H,1,4-6H2,2-3H3;1-3H. The van der Waals surface area contributed by atoms with Crippen molar-refractivity contribution in [1.82, 2.24) is 0 Å². The fraction of sp³-hybridized carbons (Fsp3) is 0.633. The molecule has 3 heterocycles. The number of hydrogen-bond acceptors (Lipinski definition) is 10. The Hall–Kier alpha value is -2.51. The quantitative estimate of drug-likeness (QED) is 0.150. The number of nitrogens with zero attached hydrogens (tertiary/aromatic N) is 2. The van der Waals surface area contributed by atoms with E-state index in [1.54, 1.807) is 6.07 Å². The molecule has 0 bridgehead atoms. The highest BCUT2D eigenvalue weighted by molar-refractivity contribution is 7.16. The van der Waals surface area contributed by atoms with E-state index in [0.29, 0.717) is 35.3 Å². The molecule has 0 amide bonds. The van der Waals surface area contributed by atoms with Crippen LogP contribution in [0, 0.1) is 43.9 Å². The second kappa shape index (κ2) is 14.8. The first-order valence-corrected chi connectivity index (χ1v) is 16.0. The van der Waals surface area contributed by atoms with E-state index < -0.39 is 10.5 Å². The highest BCUT2D eigenvalue weighted by Crippen LogP contribution is 2.49. The average molecular weight is 623 g/mol. The smallest absolute Gasteiger partial charge is 0.324 e. The van der Waals surface area contributed by atoms with Crippen LogP contribution in [0.2, 0.25) is 0 Å². The molecule has 10 nitrogen and oxygen atoms in total. The minimum atomic E-state index is -0.757. The number of rotatable bonds is 5. The second-order valence-electron chi connectivity index (χ2n) is 12.2. The lowest BCUT2D eigenvalue weighted by Crippen LogP contribution is -2.51. The van der Waals surface area contributed by atoms with Crippen LogP contribution in [0.5, 0.6) is 0 Å². The van der Waals surface area contributed by atoms with Gasteiger partial charge in [-0.05, 0) is 69.9 Å². The van der Waals surface area contributed by atoms with Gasteiger partial charge < -0.3 is 14.9 Å². The summed E-state index contributed by atoms with van der Waals surface area (Å²) in [6, 6.07) is 6.02. The van der Waals surface area contributed by atoms with Crippen molar-refractivity contribution in [2.75, 3.05) is 0 Å². The summed E-state index contributed by atoms with van der Waals surface area (Å²) in [4.78, 5) is 31.2. The molecule has 2 aliphatic carbocycles. The number of aldehydes is 1. The molecule has 0 spiro atoms. The van der Waals surface area contributed by atoms with E-state index in [1.807, 2.05) is 13.8 Å². The van der Waals surface area contributed by atoms with Crippen LogP contribution in [0.25, 0.3) is 0 Å². The van der Waals surface area contributed by atoms with Crippen LogP contribution in [-0.2, 0) is 4.74 Å². The molecular formula is C30H42N2O8S2. The SMILES string of the molecule is C=C(C)C1CCC(C)CC1O.CC1CCC2C(C1)OC(c1ccc([N+](=O)[O-])s1)CC2(C)O.O=Cc1ccc([N+](=O)[O-])s1. The molecule has 3 fully saturated rings. The van der Waals surface area contributed by atoms with Gasteiger partial charge in [-0.2, -0.15) is 0 Å². The highest BCUT2D eigenvalue weighted by Gasteiger charge is 2.48. The van der Waals surface area contributed by atoms with Gasteiger partial charge in [-0.1, -0.05) is 55.1 Å². The first-order valence-electron chi connectivity index (χ1n) is 14.4. The van der Waals surface area contributed by atoms with Crippen LogP contribution in [0.1, 0.15) is 93.3 Å². The van der Waals surface area contributed by atoms with Crippen LogP contribution in [0.3, 0.4) is 0 Å². The van der Waals surface area contributed by atoms with E-state index in [1.165, 1.54) is 24.6 Å². The number of aliphatic hydroxyl groups is 2. The lowest BCUT2D eigenvalue weighted by atomic mass is 9.69. The van der Waals surface area contributed by atoms with Gasteiger partial charge in [0.25, 0.3) is 0 Å². The maximum atomic E-state index is 10.8. The number of hydrogen-bond donors (Lipinski definition) is 2. The van der Waals surface area contributed by atoms with Crippen molar-refractivity contribution < 1.29 is 29.6 Å². The summed E-state index contributed by atoms with van der Waals surface area (Å²) in [7, 11) is 0. The highest BCUT2D eigenvalue weighted by atomic mass is 32.1. The molecule has 2 aromatic rings. The zero-order valence-electron chi connectivity index (χ0n) is 24.6. The number of ether oxygens (including phenoxy) is 1. The van der Waals surface area contributed by atoms with Crippen molar-refractivity contribution in [1.29, 1.82) is 0 Å². The number of fused-ring (bicyclic) bond motifs is 1. The molecular weight excluding hydrogens is 580 g/mol. The first kappa shape index (κ1) is 34.0. The van der Waals surface area contributed by atoms with Gasteiger partial charge in [-0.3, -0.25) is 25.0 Å². The monoisotopic (exact) mass is 622 g/mol. The van der Waals surface area contributed by atoms with E-state index in [2.05, 4.69) is 20.4 Å². The van der Waals surface area contributed by atoms with E-state index >= 15 is 0 Å². The molecule has 0 aromatic carbocycles. The van der Waals surface area contributed by atoms with Gasteiger partial charge in [-0.25, -0.2) is 0 Å². The van der Waals surface area contributed by atoms with Crippen molar-refractivity contribution in [3.63, 3.8) is 0 Å². The molecule has 2 N–H and O–H groups in total. The number of nitro groups is 2. The van der Waals surface area contributed by atoms with Crippen LogP contribution < -0.4 is 0 Å². The van der Waals surface area contributed by atoms with Gasteiger partial charge in [0.15, 0.2) is 6.29 Å². The molecule has 8 atom stereocenters. The third kappa shape index (κ3) is 9.00. The van der Waals surface area contributed by atoms with Gasteiger partial charge in [0.2, 0.25) is 0 Å². The Morgan fingerprint density at radius 3 is 2.14 bits per heavy atom. The minimum Gasteiger partial charge on any atom is -0.392 e. The first-order chi connectivity index (χ1) is 19.7. The molecule has 8 unspecified atom stereocenters. The molecule has 2 aromatic heterocycles. The van der Waals surface area contributed by atoms with E-state index in [0.717, 1.165) is 65.2 Å². The predicted molar refractivity (Wildman–Crippen MR) is 164 cm³/mol. The Morgan fingerprint density at radius 1 is 1.02 bits per heavy atom. The minimum absolute atomic E-state index is 0.00194. The predicted octanol–water partition coefficient (Wildman–Crippen LogP) is 7.50. The maximum Gasteiger partial charge on any atom is 0.324 e. The number of carbonyl (C=O) groups is 1. The van der Waals surface area contributed by atoms with Crippen LogP contribution >= 0.6 is 22.7 Å². The summed E-state index contributed by atoms with van der Waals surface area (Å²) < 4.78 is 6.20. The van der Waals surface area contributed by atoms with Crippen molar-refractivity contribution >= 4 is 39.0 Å². The molecule has 1 aliphatic heterocycles. The van der Waals surface area contributed by atoms with E-state index in [9.17, 15) is 35.2 Å². The second-order valence-corrected chi connectivity index (χ2v) is 14.4. The third-order valence-electron chi connectivity index (χ3n) is 8.52. The van der Waals surface area contributed by atoms with Gasteiger partial charge in [-0.15, -0.1) is 0 Å². The Labute approximate surface area is 254 Å². The zero-order valence-corrected chi connectivity index (χ0v) is 26.3. The Bertz CT molecular complexity index is 1240. The van der Waals surface area contributed by atoms with Crippen molar-refractivity contribution in [3.8, 4) is 0 Å². The summed E-state index contributed by atoms with van der Waals surface area (Å²) >= 11 is 2.03. The molecule has 42 heavy (non-hydrogen) atoms. The summed E-state index contributed by atoms with van der Waals surface area (Å²) in [6.07, 6.45) is 7.23. The van der Waals surface area contributed by atoms with Crippen LogP contribution in [-0.4, -0.2) is 44.2 Å². The van der Waals surface area contributed by atoms with E-state index in [-0.39, 0.29) is 39.2 Å². The summed E-state index contributed by atoms with van der Waals surface area (Å²) in [6.45, 7) is 12.2. The van der Waals surface area contributed by atoms with Crippen molar-refractivity contribution in [2.45, 2.75) is 96.6 Å². The zero-order chi connectivity index (χ0) is 31.2. The van der Waals surface area contributed by atoms with Crippen LogP contribution in [0.4, 0.5) is 10.0 Å². The van der Waals surface area contributed by atoms with Gasteiger partial charge in [0.05, 0.1) is 38.6 Å². The van der Waals surface area contributed by atoms with E-state index in [4.69, 9.17) is 4.74 Å². The fourth-order valence-electron chi connectivity index (χ4n) is 6.19. The Kier molecular flexibility index (Phi) is 12.0. The van der Waals surface area contributed by atoms with Gasteiger partial charge in [0.1, 0.15) is 0 Å². The summed E-state index contributed by atoms with van der Waals surface area (Å²) in [5, 5.41) is 41.4. The molecule has 0 radical (unpaired) electrons. The Balaban J connectivity index is 0.000000194. The van der Waals surface area contributed by atoms with Crippen molar-refractivity contribution in [2.24, 2.45) is 23.7 Å². The molecule has 3 aliphatic rings. The summed E-state index contributed by atoms with van der Waals surface area (Å²) in [5.41, 5.74) is 0.386. The fourth-order valence-corrected chi connectivity index (χ4v) is 7.68. The number of carbonyl (C=O) groups excluding carboxylic acids is 1. The Morgan fingerprint density at radius 2 is 1.62 bits per heavy atom. The molecule has 12 heteroatoms. The molecule has 232 valence electrons. The van der Waals surface area contributed by atoms with Crippen LogP contribution in [0.15, 0.2) is 36.4 Å². The topological polar surface area (TPSA) is 153 Å². The molecule has 1 saturated heterocycles. The molecule has 5 rings (SSSR count). The lowest BCUT2D eigenvalue weighted by Gasteiger charge is -2.49. The number of thiophene rings is 2. The average Bonchev–Trinajstić information content (AvgIpc) is 3.59. The maximum absolute atomic E-state index is 10.8. The van der Waals surface area contributed by atoms with Crippen molar-refractivity contribution in [3.05, 3.63) is 66.4 Å². The van der Waals surface area contributed by atoms with Gasteiger partial charge in [0, 0.05) is 35.3 Å². The largest absolute Gasteiger partial charge is 0.392 e. The van der Waals surface area contributed by atoms with Gasteiger partial charge >= 0.3 is 10.0 Å². The normalized spacial score (nSPS) is 32.2. The molecule has 2 saturated carbocycles. The number of aliphatic hydroxyl groups excluding tert-OH is 1.